The number of hydrogen-bond acceptors (Lipinski definition) is 10. The maximum Gasteiger partial charge on any atom is 0.339 e. The van der Waals surface area contributed by atoms with E-state index in [0.717, 1.165) is 23.9 Å². The summed E-state index contributed by atoms with van der Waals surface area (Å²) in [5.41, 5.74) is -1.32. The van der Waals surface area contributed by atoms with Crippen molar-refractivity contribution in [3.8, 4) is 22.9 Å². The number of ether oxygens (including phenoxy) is 3. The first-order valence-electron chi connectivity index (χ1n) is 8.40. The van der Waals surface area contributed by atoms with Gasteiger partial charge < -0.3 is 18.7 Å². The molecule has 2 heterocycles. The molecule has 0 aliphatic heterocycles. The lowest BCUT2D eigenvalue weighted by Gasteiger charge is -2.07. The first kappa shape index (κ1) is 20.5. The van der Waals surface area contributed by atoms with Crippen molar-refractivity contribution in [3.63, 3.8) is 0 Å². The van der Waals surface area contributed by atoms with Gasteiger partial charge in [0.05, 0.1) is 31.8 Å². The fraction of sp³-hybridized carbons (Fsp3) is 0.222. The number of carbonyl (C=O) groups excluding carboxylic acids is 1. The molecule has 0 bridgehead atoms. The van der Waals surface area contributed by atoms with Gasteiger partial charge in [-0.2, -0.15) is 4.98 Å². The summed E-state index contributed by atoms with van der Waals surface area (Å²) >= 11 is 0. The van der Waals surface area contributed by atoms with Crippen LogP contribution in [0.2, 0.25) is 0 Å². The molecule has 0 unspecified atom stereocenters. The van der Waals surface area contributed by atoms with Crippen molar-refractivity contribution in [2.45, 2.75) is 6.54 Å². The fourth-order valence-corrected chi connectivity index (χ4v) is 2.66. The van der Waals surface area contributed by atoms with Gasteiger partial charge in [-0.3, -0.25) is 19.5 Å². The van der Waals surface area contributed by atoms with E-state index in [1.807, 2.05) is 0 Å². The van der Waals surface area contributed by atoms with Crippen LogP contribution in [-0.2, 0) is 11.3 Å². The lowest BCUT2D eigenvalue weighted by Crippen LogP contribution is -2.24. The van der Waals surface area contributed by atoms with Crippen molar-refractivity contribution in [2.75, 3.05) is 21.3 Å². The molecule has 0 spiro atoms. The van der Waals surface area contributed by atoms with Crippen molar-refractivity contribution in [2.24, 2.45) is 0 Å². The Morgan fingerprint density at radius 2 is 1.93 bits per heavy atom. The van der Waals surface area contributed by atoms with Crippen molar-refractivity contribution in [1.82, 2.24) is 14.7 Å². The number of benzene rings is 1. The second-order valence-electron chi connectivity index (χ2n) is 5.88. The molecule has 3 aromatic rings. The molecule has 2 aromatic heterocycles. The number of esters is 1. The van der Waals surface area contributed by atoms with Crippen LogP contribution in [0.5, 0.6) is 11.5 Å². The molecule has 30 heavy (non-hydrogen) atoms. The van der Waals surface area contributed by atoms with Gasteiger partial charge in [-0.05, 0) is 18.2 Å². The number of nitro groups is 1. The van der Waals surface area contributed by atoms with E-state index in [2.05, 4.69) is 14.9 Å². The summed E-state index contributed by atoms with van der Waals surface area (Å²) < 4.78 is 21.1. The van der Waals surface area contributed by atoms with E-state index in [0.29, 0.717) is 17.1 Å². The predicted octanol–water partition coefficient (Wildman–Crippen LogP) is 1.66. The van der Waals surface area contributed by atoms with Crippen molar-refractivity contribution in [3.05, 3.63) is 62.4 Å². The van der Waals surface area contributed by atoms with Crippen LogP contribution in [0.3, 0.4) is 0 Å². The summed E-state index contributed by atoms with van der Waals surface area (Å²) in [5, 5.41) is 15.0. The topological polar surface area (TPSA) is 149 Å². The molecule has 0 saturated carbocycles. The molecule has 0 atom stereocenters. The highest BCUT2D eigenvalue weighted by atomic mass is 16.6. The summed E-state index contributed by atoms with van der Waals surface area (Å²) in [4.78, 5) is 38.6. The zero-order valence-corrected chi connectivity index (χ0v) is 16.1. The van der Waals surface area contributed by atoms with Crippen LogP contribution >= 0.6 is 0 Å². The van der Waals surface area contributed by atoms with Gasteiger partial charge in [0.15, 0.2) is 11.5 Å². The Labute approximate surface area is 168 Å². The highest BCUT2D eigenvalue weighted by Crippen LogP contribution is 2.31. The zero-order valence-electron chi connectivity index (χ0n) is 16.1. The van der Waals surface area contributed by atoms with Crippen molar-refractivity contribution in [1.29, 1.82) is 0 Å². The minimum atomic E-state index is -0.932. The largest absolute Gasteiger partial charge is 0.493 e. The quantitative estimate of drug-likeness (QED) is 0.316. The third kappa shape index (κ3) is 3.97. The van der Waals surface area contributed by atoms with Gasteiger partial charge in [0.25, 0.3) is 0 Å². The number of nitrogens with zero attached hydrogens (tertiary/aromatic N) is 4. The van der Waals surface area contributed by atoms with Gasteiger partial charge in [-0.15, -0.1) is 0 Å². The van der Waals surface area contributed by atoms with E-state index in [9.17, 15) is 19.7 Å². The molecular formula is C18H16N4O8. The standard InChI is InChI=1S/C18H16N4O8/c1-27-13-5-4-10(7-14(13)28-2)16-19-15(30-20-16)9-21-8-11(18(24)29-3)6-12(17(21)23)22(25)26/h4-8H,9H2,1-3H3. The molecular weight excluding hydrogens is 400 g/mol. The molecule has 12 nitrogen and oxygen atoms in total. The Hall–Kier alpha value is -4.22. The van der Waals surface area contributed by atoms with Gasteiger partial charge in [0.2, 0.25) is 11.7 Å². The Kier molecular flexibility index (Phi) is 5.76. The summed E-state index contributed by atoms with van der Waals surface area (Å²) in [6, 6.07) is 5.85. The second kappa shape index (κ2) is 8.43. The minimum Gasteiger partial charge on any atom is -0.493 e. The molecule has 0 radical (unpaired) electrons. The molecule has 1 aromatic carbocycles. The van der Waals surface area contributed by atoms with Gasteiger partial charge >= 0.3 is 17.2 Å². The van der Waals surface area contributed by atoms with Crippen LogP contribution < -0.4 is 15.0 Å². The molecule has 3 rings (SSSR count). The van der Waals surface area contributed by atoms with E-state index < -0.39 is 22.1 Å². The van der Waals surface area contributed by atoms with Crippen LogP contribution in [0.1, 0.15) is 16.2 Å². The molecule has 0 aliphatic rings. The summed E-state index contributed by atoms with van der Waals surface area (Å²) in [6.45, 7) is -0.287. The van der Waals surface area contributed by atoms with E-state index in [1.165, 1.54) is 14.2 Å². The molecule has 0 fully saturated rings. The molecule has 0 N–H and O–H groups in total. The van der Waals surface area contributed by atoms with Crippen molar-refractivity contribution < 1.29 is 28.5 Å². The molecule has 0 amide bonds. The van der Waals surface area contributed by atoms with E-state index >= 15 is 0 Å². The van der Waals surface area contributed by atoms with E-state index in [-0.39, 0.29) is 23.8 Å². The molecule has 0 saturated heterocycles. The number of pyridine rings is 1. The Balaban J connectivity index is 1.96. The van der Waals surface area contributed by atoms with Crippen LogP contribution in [0.4, 0.5) is 5.69 Å². The lowest BCUT2D eigenvalue weighted by atomic mass is 10.2. The normalized spacial score (nSPS) is 10.5. The average molecular weight is 416 g/mol. The van der Waals surface area contributed by atoms with Gasteiger partial charge in [0, 0.05) is 17.8 Å². The molecule has 0 aliphatic carbocycles. The summed E-state index contributed by atoms with van der Waals surface area (Å²) in [6.07, 6.45) is 1.13. The first-order chi connectivity index (χ1) is 14.4. The Morgan fingerprint density at radius 1 is 1.20 bits per heavy atom. The number of rotatable bonds is 7. The third-order valence-corrected chi connectivity index (χ3v) is 4.10. The maximum atomic E-state index is 12.4. The number of methoxy groups -OCH3 is 3. The van der Waals surface area contributed by atoms with E-state index in [4.69, 9.17) is 14.0 Å². The summed E-state index contributed by atoms with van der Waals surface area (Å²) in [5.74, 6) is 0.349. The van der Waals surface area contributed by atoms with Gasteiger partial charge in [0.1, 0.15) is 6.54 Å². The maximum absolute atomic E-state index is 12.4. The third-order valence-electron chi connectivity index (χ3n) is 4.10. The Morgan fingerprint density at radius 3 is 2.57 bits per heavy atom. The van der Waals surface area contributed by atoms with Crippen LogP contribution in [0.25, 0.3) is 11.4 Å². The number of aromatic nitrogens is 3. The predicted molar refractivity (Wildman–Crippen MR) is 101 cm³/mol. The van der Waals surface area contributed by atoms with Crippen LogP contribution in [0, 0.1) is 10.1 Å². The monoisotopic (exact) mass is 416 g/mol. The SMILES string of the molecule is COC(=O)c1cc([N+](=O)[O-])c(=O)n(Cc2nc(-c3ccc(OC)c(OC)c3)no2)c1. The molecule has 156 valence electrons. The van der Waals surface area contributed by atoms with Gasteiger partial charge in [-0.1, -0.05) is 5.16 Å². The number of carbonyl (C=O) groups is 1. The second-order valence-corrected chi connectivity index (χ2v) is 5.88. The fourth-order valence-electron chi connectivity index (χ4n) is 2.66. The van der Waals surface area contributed by atoms with E-state index in [1.54, 1.807) is 18.2 Å². The van der Waals surface area contributed by atoms with Gasteiger partial charge in [-0.25, -0.2) is 4.79 Å². The zero-order chi connectivity index (χ0) is 21.8. The minimum absolute atomic E-state index is 0.00167. The number of hydrogen-bond donors (Lipinski definition) is 0. The molecule has 12 heteroatoms. The smallest absolute Gasteiger partial charge is 0.339 e. The highest BCUT2D eigenvalue weighted by Gasteiger charge is 2.21. The highest BCUT2D eigenvalue weighted by molar-refractivity contribution is 5.89. The van der Waals surface area contributed by atoms with Crippen LogP contribution in [0.15, 0.2) is 39.8 Å². The lowest BCUT2D eigenvalue weighted by molar-refractivity contribution is -0.386. The van der Waals surface area contributed by atoms with Crippen molar-refractivity contribution >= 4 is 11.7 Å². The van der Waals surface area contributed by atoms with Crippen LogP contribution in [-0.4, -0.2) is 46.9 Å². The Bertz CT molecular complexity index is 1170. The first-order valence-corrected chi connectivity index (χ1v) is 8.40. The average Bonchev–Trinajstić information content (AvgIpc) is 3.22. The summed E-state index contributed by atoms with van der Waals surface area (Å²) in [7, 11) is 4.11.